The van der Waals surface area contributed by atoms with Gasteiger partial charge in [-0.3, -0.25) is 19.4 Å². The van der Waals surface area contributed by atoms with Gasteiger partial charge in [-0.1, -0.05) is 375 Å². The van der Waals surface area contributed by atoms with Crippen LogP contribution in [0.25, 0.3) is 51.9 Å². The molecule has 0 radical (unpaired) electrons. The summed E-state index contributed by atoms with van der Waals surface area (Å²) < 4.78 is 0. The van der Waals surface area contributed by atoms with Gasteiger partial charge in [0.05, 0.1) is 22.5 Å². The molecule has 532 valence electrons. The maximum absolute atomic E-state index is 15.8. The topological polar surface area (TPSA) is 40.6 Å². The van der Waals surface area contributed by atoms with Crippen LogP contribution in [-0.2, 0) is 25.8 Å². The summed E-state index contributed by atoms with van der Waals surface area (Å²) in [7, 11) is 0. The largest absolute Gasteiger partial charge is 0.282 e. The van der Waals surface area contributed by atoms with E-state index in [4.69, 9.17) is 0 Å². The summed E-state index contributed by atoms with van der Waals surface area (Å²) in [6, 6.07) is 24.8. The average molecular weight is 1320 g/mol. The molecule has 0 aromatic heterocycles. The Morgan fingerprint density at radius 1 is 0.337 bits per heavy atom. The zero-order chi connectivity index (χ0) is 69.1. The lowest BCUT2D eigenvalue weighted by atomic mass is 9.69. The van der Waals surface area contributed by atoms with Crippen LogP contribution in [-0.4, -0.2) is 21.6 Å². The van der Waals surface area contributed by atoms with E-state index in [0.29, 0.717) is 11.1 Å². The van der Waals surface area contributed by atoms with Gasteiger partial charge in [0.2, 0.25) is 0 Å². The van der Waals surface area contributed by atoms with Crippen molar-refractivity contribution in [1.82, 2.24) is 9.80 Å². The third kappa shape index (κ3) is 17.7. The van der Waals surface area contributed by atoms with Crippen LogP contribution in [0.4, 0.5) is 0 Å². The summed E-state index contributed by atoms with van der Waals surface area (Å²) in [6.45, 7) is 23.3. The average Bonchev–Trinajstić information content (AvgIpc) is 1.53. The molecule has 10 rings (SSSR count). The molecule has 2 amide bonds. The lowest BCUT2D eigenvalue weighted by Crippen LogP contribution is -2.29. The first-order chi connectivity index (χ1) is 47.6. The fourth-order valence-electron chi connectivity index (χ4n) is 18.2. The van der Waals surface area contributed by atoms with E-state index in [-0.39, 0.29) is 33.5 Å². The molecule has 0 saturated heterocycles. The van der Waals surface area contributed by atoms with Crippen molar-refractivity contribution in [3.63, 3.8) is 0 Å². The Hall–Kier alpha value is -5.48. The fourth-order valence-corrected chi connectivity index (χ4v) is 18.2. The van der Waals surface area contributed by atoms with E-state index >= 15 is 9.59 Å². The van der Waals surface area contributed by atoms with Crippen LogP contribution in [0, 0.1) is 5.41 Å². The number of amides is 2. The summed E-state index contributed by atoms with van der Waals surface area (Å²) in [4.78, 5) is 35.4. The maximum atomic E-state index is 15.8. The first kappa shape index (κ1) is 75.2. The Bertz CT molecular complexity index is 3420. The van der Waals surface area contributed by atoms with Crippen LogP contribution >= 0.6 is 0 Å². The van der Waals surface area contributed by atoms with Crippen LogP contribution < -0.4 is 0 Å². The molecular formula is C94H134N2O2. The van der Waals surface area contributed by atoms with Crippen LogP contribution in [0.15, 0.2) is 90.3 Å². The summed E-state index contributed by atoms with van der Waals surface area (Å²) in [5.41, 5.74) is 20.7. The molecule has 0 unspecified atom stereocenters. The second-order valence-electron chi connectivity index (χ2n) is 33.8. The third-order valence-electron chi connectivity index (χ3n) is 23.9. The molecule has 4 heterocycles. The van der Waals surface area contributed by atoms with Crippen molar-refractivity contribution in [2.45, 2.75) is 368 Å². The molecular weight excluding hydrogens is 1190 g/mol. The number of allylic oxidation sites excluding steroid dienone is 1. The van der Waals surface area contributed by atoms with Crippen LogP contribution in [0.1, 0.15) is 407 Å². The van der Waals surface area contributed by atoms with Gasteiger partial charge in [0.1, 0.15) is 0 Å². The van der Waals surface area contributed by atoms with E-state index in [1.807, 2.05) is 22.2 Å². The van der Waals surface area contributed by atoms with Crippen LogP contribution in [0.5, 0.6) is 0 Å². The van der Waals surface area contributed by atoms with Crippen molar-refractivity contribution >= 4 is 41.4 Å². The molecule has 0 atom stereocenters. The Labute approximate surface area is 599 Å². The van der Waals surface area contributed by atoms with Gasteiger partial charge in [-0.25, -0.2) is 0 Å². The van der Waals surface area contributed by atoms with Gasteiger partial charge >= 0.3 is 0 Å². The molecule has 4 aromatic rings. The monoisotopic (exact) mass is 1320 g/mol. The van der Waals surface area contributed by atoms with Gasteiger partial charge in [-0.2, -0.15) is 0 Å². The number of rotatable bonds is 45. The van der Waals surface area contributed by atoms with Crippen molar-refractivity contribution in [3.05, 3.63) is 146 Å². The predicted octanol–water partition coefficient (Wildman–Crippen LogP) is 28.6. The van der Waals surface area contributed by atoms with Crippen molar-refractivity contribution in [3.8, 4) is 22.3 Å². The molecule has 0 spiro atoms. The fraction of sp³-hybridized carbons (Fsp3) is 0.617. The first-order valence-electron chi connectivity index (χ1n) is 41.5. The molecule has 0 bridgehead atoms. The van der Waals surface area contributed by atoms with Crippen molar-refractivity contribution in [1.29, 1.82) is 0 Å². The maximum Gasteiger partial charge on any atom is 0.265 e. The van der Waals surface area contributed by atoms with E-state index in [2.05, 4.69) is 154 Å². The van der Waals surface area contributed by atoms with E-state index in [9.17, 15) is 0 Å². The van der Waals surface area contributed by atoms with Crippen LogP contribution in [0.2, 0.25) is 0 Å². The van der Waals surface area contributed by atoms with E-state index in [1.54, 1.807) is 0 Å². The number of fused-ring (bicyclic) bond motifs is 13. The normalized spacial score (nSPS) is 16.0. The quantitative estimate of drug-likeness (QED) is 0.0414. The lowest BCUT2D eigenvalue weighted by molar-refractivity contribution is -0.122. The Morgan fingerprint density at radius 2 is 0.643 bits per heavy atom. The number of hydrogen-bond acceptors (Lipinski definition) is 2. The highest BCUT2D eigenvalue weighted by atomic mass is 16.2. The Kier molecular flexibility index (Phi) is 27.5. The predicted molar refractivity (Wildman–Crippen MR) is 424 cm³/mol. The van der Waals surface area contributed by atoms with E-state index < -0.39 is 0 Å². The van der Waals surface area contributed by atoms with Gasteiger partial charge in [0, 0.05) is 34.4 Å². The summed E-state index contributed by atoms with van der Waals surface area (Å²) in [5, 5.41) is 0. The van der Waals surface area contributed by atoms with Gasteiger partial charge in [0.15, 0.2) is 0 Å². The SMILES string of the molecule is CCCCCCCCCCCCC1(CCCCCCCCCCCC)c2cc(C=CC(C)(C)C)ccc2-c2cc3c(cc21)C1=C2C(=O)N4C=Cc5cc6c(cc5C4=C2C(=O)N1C=C3)C(CCCCCCCCCCCC)(CCCCCCCCCCCC)c1cc(C(C)(C)C)ccc1-6. The van der Waals surface area contributed by atoms with Crippen molar-refractivity contribution in [2.75, 3.05) is 0 Å². The highest BCUT2D eigenvalue weighted by Gasteiger charge is 2.52. The molecule has 6 aliphatic rings. The molecule has 4 aliphatic heterocycles. The zero-order valence-corrected chi connectivity index (χ0v) is 64.1. The second-order valence-corrected chi connectivity index (χ2v) is 33.8. The van der Waals surface area contributed by atoms with Crippen LogP contribution in [0.3, 0.4) is 0 Å². The molecule has 0 fully saturated rings. The number of carbonyl (C=O) groups is 2. The minimum atomic E-state index is -0.189. The van der Waals surface area contributed by atoms with E-state index in [0.717, 1.165) is 59.3 Å². The highest BCUT2D eigenvalue weighted by Crippen LogP contribution is 2.60. The highest BCUT2D eigenvalue weighted by molar-refractivity contribution is 6.32. The number of unbranched alkanes of at least 4 members (excludes halogenated alkanes) is 36. The number of benzene rings is 4. The summed E-state index contributed by atoms with van der Waals surface area (Å²) in [5.74, 6) is -0.156. The minimum Gasteiger partial charge on any atom is -0.282 e. The van der Waals surface area contributed by atoms with Crippen molar-refractivity contribution in [2.24, 2.45) is 5.41 Å². The van der Waals surface area contributed by atoms with Gasteiger partial charge in [0.25, 0.3) is 11.8 Å². The number of nitrogens with zero attached hydrogens (tertiary/aromatic N) is 2. The van der Waals surface area contributed by atoms with Crippen molar-refractivity contribution < 1.29 is 9.59 Å². The minimum absolute atomic E-state index is 0.00678. The molecule has 98 heavy (non-hydrogen) atoms. The number of carbonyl (C=O) groups excluding carboxylic acids is 2. The second kappa shape index (κ2) is 35.9. The summed E-state index contributed by atoms with van der Waals surface area (Å²) >= 11 is 0. The molecule has 4 nitrogen and oxygen atoms in total. The summed E-state index contributed by atoms with van der Waals surface area (Å²) in [6.07, 6.45) is 70.3. The Balaban J connectivity index is 1.03. The lowest BCUT2D eigenvalue weighted by Gasteiger charge is -2.35. The first-order valence-corrected chi connectivity index (χ1v) is 41.5. The van der Waals surface area contributed by atoms with Gasteiger partial charge in [-0.15, -0.1) is 0 Å². The molecule has 0 N–H and O–H groups in total. The molecule has 4 aromatic carbocycles. The zero-order valence-electron chi connectivity index (χ0n) is 64.1. The molecule has 0 saturated carbocycles. The van der Waals surface area contributed by atoms with E-state index in [1.165, 1.54) is 312 Å². The smallest absolute Gasteiger partial charge is 0.265 e. The Morgan fingerprint density at radius 3 is 0.969 bits per heavy atom. The number of hydrogen-bond donors (Lipinski definition) is 0. The molecule has 2 aliphatic carbocycles. The van der Waals surface area contributed by atoms with Gasteiger partial charge in [-0.05, 0) is 140 Å². The molecule has 4 heteroatoms. The van der Waals surface area contributed by atoms with Gasteiger partial charge < -0.3 is 0 Å². The third-order valence-corrected chi connectivity index (χ3v) is 23.9. The standard InChI is InChI=1S/C94H134N2O2/c1-11-15-19-23-27-31-35-39-43-47-58-93(59-48-44-40-36-32-28-24-20-16-12-2)81-65-71(55-62-91(5,6)7)51-53-75(81)79-66-72-56-63-95-87(77(72)69-83(79)93)85-86(90(95)98)88-78-70-84-80(67-73(78)57-64-96(88)89(85)97)76-54-52-74(92(8,9)10)68-82(76)94(84,60-49-45-41-37-33-29-25-21-17-13-3)61-50-46-42-38-34-30-26-22-18-14-4/h51-57,62-70H,11-50,58-61H2,1-10H3.